The Morgan fingerprint density at radius 1 is 1.35 bits per heavy atom. The summed E-state index contributed by atoms with van der Waals surface area (Å²) in [5, 5.41) is 12.4. The number of carbonyl (C=O) groups excluding carboxylic acids is 1. The van der Waals surface area contributed by atoms with Crippen LogP contribution < -0.4 is 5.32 Å². The summed E-state index contributed by atoms with van der Waals surface area (Å²) in [7, 11) is 0. The molecule has 1 heterocycles. The van der Waals surface area contributed by atoms with E-state index in [0.29, 0.717) is 13.0 Å². The lowest BCUT2D eigenvalue weighted by molar-refractivity contribution is -0.177. The van der Waals surface area contributed by atoms with Crippen LogP contribution in [0.15, 0.2) is 30.3 Å². The molecule has 1 aliphatic heterocycles. The minimum atomic E-state index is -0.882. The highest BCUT2D eigenvalue weighted by molar-refractivity contribution is 5.68. The minimum absolute atomic E-state index is 0.180. The zero-order valence-electron chi connectivity index (χ0n) is 13.8. The number of aliphatic hydroxyl groups excluding tert-OH is 1. The van der Waals surface area contributed by atoms with Gasteiger partial charge < -0.3 is 24.6 Å². The Morgan fingerprint density at radius 2 is 2.04 bits per heavy atom. The van der Waals surface area contributed by atoms with Crippen molar-refractivity contribution >= 4 is 6.09 Å². The highest BCUT2D eigenvalue weighted by atomic mass is 16.6. The number of hydrogen-bond donors (Lipinski definition) is 2. The smallest absolute Gasteiger partial charge is 0.408 e. The highest BCUT2D eigenvalue weighted by Gasteiger charge is 2.33. The molecule has 0 aliphatic carbocycles. The molecule has 2 rings (SSSR count). The first-order valence-electron chi connectivity index (χ1n) is 7.78. The summed E-state index contributed by atoms with van der Waals surface area (Å²) in [6, 6.07) is 9.38. The van der Waals surface area contributed by atoms with Crippen LogP contribution in [0.1, 0.15) is 32.8 Å². The molecule has 6 nitrogen and oxygen atoms in total. The maximum Gasteiger partial charge on any atom is 0.408 e. The molecule has 1 saturated heterocycles. The standard InChI is InChI=1S/C17H25NO5/c1-17(2,3)23-16(20)18-13-11-22-15(19)9-14(13)21-10-12-7-5-4-6-8-12/h4-8,13-15,19H,9-11H2,1-3H3,(H,18,20). The molecular weight excluding hydrogens is 298 g/mol. The van der Waals surface area contributed by atoms with Crippen molar-refractivity contribution in [1.82, 2.24) is 5.32 Å². The van der Waals surface area contributed by atoms with E-state index >= 15 is 0 Å². The van der Waals surface area contributed by atoms with Crippen molar-refractivity contribution in [3.8, 4) is 0 Å². The predicted molar refractivity (Wildman–Crippen MR) is 84.8 cm³/mol. The van der Waals surface area contributed by atoms with E-state index in [4.69, 9.17) is 14.2 Å². The number of carbonyl (C=O) groups is 1. The van der Waals surface area contributed by atoms with Gasteiger partial charge in [-0.3, -0.25) is 0 Å². The molecule has 0 saturated carbocycles. The SMILES string of the molecule is CC(C)(C)OC(=O)NC1COC(O)CC1OCc1ccccc1. The van der Waals surface area contributed by atoms with Gasteiger partial charge in [-0.15, -0.1) is 0 Å². The van der Waals surface area contributed by atoms with Crippen molar-refractivity contribution in [2.75, 3.05) is 6.61 Å². The Labute approximate surface area is 136 Å². The zero-order chi connectivity index (χ0) is 16.9. The number of aliphatic hydroxyl groups is 1. The van der Waals surface area contributed by atoms with E-state index in [1.807, 2.05) is 30.3 Å². The lowest BCUT2D eigenvalue weighted by atomic mass is 10.1. The summed E-state index contributed by atoms with van der Waals surface area (Å²) in [4.78, 5) is 11.9. The van der Waals surface area contributed by atoms with Gasteiger partial charge in [-0.2, -0.15) is 0 Å². The van der Waals surface area contributed by atoms with E-state index in [9.17, 15) is 9.90 Å². The van der Waals surface area contributed by atoms with E-state index in [1.165, 1.54) is 0 Å². The van der Waals surface area contributed by atoms with Gasteiger partial charge in [0.2, 0.25) is 0 Å². The van der Waals surface area contributed by atoms with E-state index in [-0.39, 0.29) is 18.8 Å². The molecule has 0 aromatic heterocycles. The van der Waals surface area contributed by atoms with E-state index < -0.39 is 18.0 Å². The average molecular weight is 323 g/mol. The molecule has 1 fully saturated rings. The van der Waals surface area contributed by atoms with Crippen molar-refractivity contribution in [2.24, 2.45) is 0 Å². The summed E-state index contributed by atoms with van der Waals surface area (Å²) in [6.45, 7) is 6.00. The molecule has 3 atom stereocenters. The van der Waals surface area contributed by atoms with Crippen LogP contribution in [0.5, 0.6) is 0 Å². The number of ether oxygens (including phenoxy) is 3. The van der Waals surface area contributed by atoms with Gasteiger partial charge in [0.15, 0.2) is 6.29 Å². The third-order valence-electron chi connectivity index (χ3n) is 3.36. The Hall–Kier alpha value is -1.63. The van der Waals surface area contributed by atoms with E-state index in [0.717, 1.165) is 5.56 Å². The largest absolute Gasteiger partial charge is 0.444 e. The predicted octanol–water partition coefficient (Wildman–Crippen LogP) is 2.20. The van der Waals surface area contributed by atoms with Gasteiger partial charge in [-0.05, 0) is 26.3 Å². The van der Waals surface area contributed by atoms with Crippen molar-refractivity contribution in [3.63, 3.8) is 0 Å². The molecule has 1 aliphatic rings. The molecular formula is C17H25NO5. The number of nitrogens with one attached hydrogen (secondary N) is 1. The van der Waals surface area contributed by atoms with Gasteiger partial charge in [0.05, 0.1) is 25.4 Å². The Balaban J connectivity index is 1.91. The van der Waals surface area contributed by atoms with Crippen LogP contribution >= 0.6 is 0 Å². The van der Waals surface area contributed by atoms with Crippen LogP contribution in [-0.4, -0.2) is 41.8 Å². The van der Waals surface area contributed by atoms with Gasteiger partial charge in [0, 0.05) is 6.42 Å². The molecule has 0 bridgehead atoms. The first kappa shape index (κ1) is 17.7. The summed E-state index contributed by atoms with van der Waals surface area (Å²) < 4.78 is 16.3. The lowest BCUT2D eigenvalue weighted by Gasteiger charge is -2.34. The van der Waals surface area contributed by atoms with Gasteiger partial charge >= 0.3 is 6.09 Å². The monoisotopic (exact) mass is 323 g/mol. The number of alkyl carbamates (subject to hydrolysis) is 1. The zero-order valence-corrected chi connectivity index (χ0v) is 13.8. The number of benzene rings is 1. The first-order chi connectivity index (χ1) is 10.8. The van der Waals surface area contributed by atoms with Gasteiger partial charge in [-0.1, -0.05) is 30.3 Å². The minimum Gasteiger partial charge on any atom is -0.444 e. The summed E-state index contributed by atoms with van der Waals surface area (Å²) >= 11 is 0. The second-order valence-electron chi connectivity index (χ2n) is 6.61. The van der Waals surface area contributed by atoms with Crippen LogP contribution in [0.4, 0.5) is 4.79 Å². The van der Waals surface area contributed by atoms with Crippen molar-refractivity contribution < 1.29 is 24.1 Å². The molecule has 128 valence electrons. The fraction of sp³-hybridized carbons (Fsp3) is 0.588. The number of hydrogen-bond acceptors (Lipinski definition) is 5. The van der Waals surface area contributed by atoms with Crippen LogP contribution in [-0.2, 0) is 20.8 Å². The molecule has 1 amide bonds. The van der Waals surface area contributed by atoms with Crippen LogP contribution in [0.2, 0.25) is 0 Å². The fourth-order valence-corrected chi connectivity index (χ4v) is 2.31. The Bertz CT molecular complexity index is 499. The second kappa shape index (κ2) is 7.77. The molecule has 23 heavy (non-hydrogen) atoms. The van der Waals surface area contributed by atoms with Crippen molar-refractivity contribution in [1.29, 1.82) is 0 Å². The van der Waals surface area contributed by atoms with Gasteiger partial charge in [0.25, 0.3) is 0 Å². The van der Waals surface area contributed by atoms with Crippen LogP contribution in [0.3, 0.4) is 0 Å². The normalized spacial score (nSPS) is 25.0. The molecule has 3 unspecified atom stereocenters. The van der Waals surface area contributed by atoms with Crippen LogP contribution in [0, 0.1) is 0 Å². The fourth-order valence-electron chi connectivity index (χ4n) is 2.31. The third kappa shape index (κ3) is 6.17. The second-order valence-corrected chi connectivity index (χ2v) is 6.61. The molecule has 1 aromatic rings. The van der Waals surface area contributed by atoms with Gasteiger partial charge in [-0.25, -0.2) is 4.79 Å². The van der Waals surface area contributed by atoms with E-state index in [1.54, 1.807) is 20.8 Å². The molecule has 6 heteroatoms. The highest BCUT2D eigenvalue weighted by Crippen LogP contribution is 2.18. The molecule has 2 N–H and O–H groups in total. The van der Waals surface area contributed by atoms with Crippen LogP contribution in [0.25, 0.3) is 0 Å². The topological polar surface area (TPSA) is 77.0 Å². The Morgan fingerprint density at radius 3 is 2.70 bits per heavy atom. The summed E-state index contributed by atoms with van der Waals surface area (Å²) in [5.41, 5.74) is 0.462. The quantitative estimate of drug-likeness (QED) is 0.888. The lowest BCUT2D eigenvalue weighted by Crippen LogP contribution is -2.53. The van der Waals surface area contributed by atoms with Crippen molar-refractivity contribution in [2.45, 2.75) is 57.8 Å². The average Bonchev–Trinajstić information content (AvgIpc) is 2.46. The number of rotatable bonds is 4. The molecule has 0 radical (unpaired) electrons. The first-order valence-corrected chi connectivity index (χ1v) is 7.78. The summed E-state index contributed by atoms with van der Waals surface area (Å²) in [6.07, 6.45) is -1.44. The maximum atomic E-state index is 11.9. The van der Waals surface area contributed by atoms with E-state index in [2.05, 4.69) is 5.32 Å². The van der Waals surface area contributed by atoms with Gasteiger partial charge in [0.1, 0.15) is 5.60 Å². The third-order valence-corrected chi connectivity index (χ3v) is 3.36. The molecule has 0 spiro atoms. The molecule has 1 aromatic carbocycles. The number of amides is 1. The summed E-state index contributed by atoms with van der Waals surface area (Å²) in [5.74, 6) is 0. The Kier molecular flexibility index (Phi) is 5.98. The van der Waals surface area contributed by atoms with Crippen molar-refractivity contribution in [3.05, 3.63) is 35.9 Å². The maximum absolute atomic E-state index is 11.9.